The summed E-state index contributed by atoms with van der Waals surface area (Å²) in [5, 5.41) is 2.41. The number of hydrogen-bond donors (Lipinski definition) is 2. The van der Waals surface area contributed by atoms with Crippen molar-refractivity contribution < 1.29 is 18.4 Å². The van der Waals surface area contributed by atoms with Crippen LogP contribution in [0.25, 0.3) is 0 Å². The van der Waals surface area contributed by atoms with Gasteiger partial charge in [0.2, 0.25) is 5.91 Å². The van der Waals surface area contributed by atoms with Gasteiger partial charge in [0, 0.05) is 12.5 Å². The fourth-order valence-electron chi connectivity index (χ4n) is 2.51. The van der Waals surface area contributed by atoms with Gasteiger partial charge in [-0.25, -0.2) is 8.78 Å². The van der Waals surface area contributed by atoms with Gasteiger partial charge in [-0.3, -0.25) is 9.59 Å². The minimum Gasteiger partial charge on any atom is -0.368 e. The van der Waals surface area contributed by atoms with Crippen molar-refractivity contribution in [1.82, 2.24) is 5.32 Å². The zero-order chi connectivity index (χ0) is 19.5. The van der Waals surface area contributed by atoms with Crippen LogP contribution in [0.3, 0.4) is 0 Å². The number of primary amides is 1. The van der Waals surface area contributed by atoms with Gasteiger partial charge in [0.25, 0.3) is 5.91 Å². The quantitative estimate of drug-likeness (QED) is 0.860. The molecule has 0 bridgehead atoms. The highest BCUT2D eigenvalue weighted by molar-refractivity contribution is 5.97. The summed E-state index contributed by atoms with van der Waals surface area (Å²) in [6.07, 6.45) is 0.175. The second-order valence-electron chi connectivity index (χ2n) is 7.20. The van der Waals surface area contributed by atoms with E-state index in [9.17, 15) is 18.4 Å². The van der Waals surface area contributed by atoms with Crippen molar-refractivity contribution in [3.63, 3.8) is 0 Å². The molecule has 0 aliphatic rings. The number of nitrogens with one attached hydrogen (secondary N) is 1. The van der Waals surface area contributed by atoms with Gasteiger partial charge in [-0.15, -0.1) is 0 Å². The highest BCUT2D eigenvalue weighted by Crippen LogP contribution is 2.22. The van der Waals surface area contributed by atoms with Gasteiger partial charge in [0.05, 0.1) is 5.56 Å². The van der Waals surface area contributed by atoms with Crippen LogP contribution in [0.2, 0.25) is 0 Å². The Bertz CT molecular complexity index is 812. The van der Waals surface area contributed by atoms with Crippen molar-refractivity contribution in [2.24, 2.45) is 5.73 Å². The fourth-order valence-corrected chi connectivity index (χ4v) is 2.51. The van der Waals surface area contributed by atoms with E-state index in [2.05, 4.69) is 26.1 Å². The maximum absolute atomic E-state index is 13.7. The number of amides is 2. The Morgan fingerprint density at radius 3 is 2.19 bits per heavy atom. The number of carbonyl (C=O) groups excluding carboxylic acids is 2. The van der Waals surface area contributed by atoms with Gasteiger partial charge < -0.3 is 11.1 Å². The van der Waals surface area contributed by atoms with E-state index in [1.807, 2.05) is 24.3 Å². The van der Waals surface area contributed by atoms with Crippen molar-refractivity contribution in [1.29, 1.82) is 0 Å². The first-order valence-corrected chi connectivity index (χ1v) is 8.22. The van der Waals surface area contributed by atoms with Crippen LogP contribution in [0, 0.1) is 11.6 Å². The minimum atomic E-state index is -1.01. The predicted molar refractivity (Wildman–Crippen MR) is 95.7 cm³/mol. The number of rotatable bonds is 5. The Hall–Kier alpha value is -2.76. The largest absolute Gasteiger partial charge is 0.368 e. The molecule has 2 rings (SSSR count). The molecule has 0 spiro atoms. The van der Waals surface area contributed by atoms with E-state index in [0.717, 1.165) is 23.3 Å². The number of halogens is 2. The Kier molecular flexibility index (Phi) is 5.75. The molecule has 2 aromatic rings. The van der Waals surface area contributed by atoms with Crippen LogP contribution < -0.4 is 11.1 Å². The van der Waals surface area contributed by atoms with E-state index < -0.39 is 29.5 Å². The van der Waals surface area contributed by atoms with E-state index in [1.165, 1.54) is 0 Å². The molecule has 2 amide bonds. The molecule has 4 nitrogen and oxygen atoms in total. The molecule has 0 radical (unpaired) electrons. The lowest BCUT2D eigenvalue weighted by atomic mass is 9.86. The van der Waals surface area contributed by atoms with Gasteiger partial charge in [-0.05, 0) is 28.7 Å². The van der Waals surface area contributed by atoms with Crippen LogP contribution >= 0.6 is 0 Å². The molecule has 138 valence electrons. The third-order valence-corrected chi connectivity index (χ3v) is 4.08. The van der Waals surface area contributed by atoms with E-state index in [-0.39, 0.29) is 17.4 Å². The molecule has 0 saturated carbocycles. The first-order chi connectivity index (χ1) is 12.1. The standard InChI is InChI=1S/C20H22F2N2O2/c1-20(2,3)13-6-4-12(5-7-13)10-17(18(23)25)24-19(26)15-9-8-14(21)11-16(15)22/h4-9,11,17H,10H2,1-3H3,(H2,23,25)(H,24,26)/t17-/m0/s1. The van der Waals surface area contributed by atoms with E-state index >= 15 is 0 Å². The summed E-state index contributed by atoms with van der Waals surface area (Å²) in [6, 6.07) is 9.23. The lowest BCUT2D eigenvalue weighted by Gasteiger charge is -2.20. The molecular formula is C20H22F2N2O2. The van der Waals surface area contributed by atoms with Crippen LogP contribution in [0.1, 0.15) is 42.3 Å². The number of benzene rings is 2. The highest BCUT2D eigenvalue weighted by atomic mass is 19.1. The molecule has 0 unspecified atom stereocenters. The first kappa shape index (κ1) is 19.6. The smallest absolute Gasteiger partial charge is 0.254 e. The van der Waals surface area contributed by atoms with E-state index in [1.54, 1.807) is 0 Å². The first-order valence-electron chi connectivity index (χ1n) is 8.22. The van der Waals surface area contributed by atoms with Gasteiger partial charge in [0.15, 0.2) is 0 Å². The summed E-state index contributed by atoms with van der Waals surface area (Å²) in [5.74, 6) is -3.34. The Balaban J connectivity index is 2.14. The molecule has 0 heterocycles. The SMILES string of the molecule is CC(C)(C)c1ccc(C[C@H](NC(=O)c2ccc(F)cc2F)C(N)=O)cc1. The molecule has 0 saturated heterocycles. The van der Waals surface area contributed by atoms with Crippen molar-refractivity contribution >= 4 is 11.8 Å². The Labute approximate surface area is 151 Å². The molecule has 0 aromatic heterocycles. The number of hydrogen-bond acceptors (Lipinski definition) is 2. The van der Waals surface area contributed by atoms with Crippen LogP contribution in [0.15, 0.2) is 42.5 Å². The van der Waals surface area contributed by atoms with E-state index in [4.69, 9.17) is 5.73 Å². The Morgan fingerprint density at radius 1 is 1.08 bits per heavy atom. The summed E-state index contributed by atoms with van der Waals surface area (Å²) < 4.78 is 26.7. The average molecular weight is 360 g/mol. The maximum Gasteiger partial charge on any atom is 0.254 e. The summed E-state index contributed by atoms with van der Waals surface area (Å²) in [6.45, 7) is 6.27. The summed E-state index contributed by atoms with van der Waals surface area (Å²) in [5.41, 5.74) is 6.95. The van der Waals surface area contributed by atoms with Gasteiger partial charge in [-0.2, -0.15) is 0 Å². The molecule has 0 aliphatic carbocycles. The second kappa shape index (κ2) is 7.64. The molecule has 0 fully saturated rings. The van der Waals surface area contributed by atoms with Crippen LogP contribution in [-0.2, 0) is 16.6 Å². The van der Waals surface area contributed by atoms with Crippen molar-refractivity contribution in [2.45, 2.75) is 38.6 Å². The van der Waals surface area contributed by atoms with Gasteiger partial charge >= 0.3 is 0 Å². The molecular weight excluding hydrogens is 338 g/mol. The fraction of sp³-hybridized carbons (Fsp3) is 0.300. The van der Waals surface area contributed by atoms with Crippen molar-refractivity contribution in [2.75, 3.05) is 0 Å². The Morgan fingerprint density at radius 2 is 1.69 bits per heavy atom. The average Bonchev–Trinajstić information content (AvgIpc) is 2.53. The van der Waals surface area contributed by atoms with Gasteiger partial charge in [0.1, 0.15) is 17.7 Å². The number of nitrogens with two attached hydrogens (primary N) is 1. The van der Waals surface area contributed by atoms with Crippen LogP contribution in [-0.4, -0.2) is 17.9 Å². The lowest BCUT2D eigenvalue weighted by molar-refractivity contribution is -0.119. The molecule has 6 heteroatoms. The molecule has 26 heavy (non-hydrogen) atoms. The number of carbonyl (C=O) groups is 2. The van der Waals surface area contributed by atoms with Crippen molar-refractivity contribution in [3.8, 4) is 0 Å². The monoisotopic (exact) mass is 360 g/mol. The minimum absolute atomic E-state index is 0.00402. The predicted octanol–water partition coefficient (Wildman–Crippen LogP) is 3.09. The summed E-state index contributed by atoms with van der Waals surface area (Å²) in [7, 11) is 0. The molecule has 2 aromatic carbocycles. The zero-order valence-corrected chi connectivity index (χ0v) is 15.0. The zero-order valence-electron chi connectivity index (χ0n) is 15.0. The maximum atomic E-state index is 13.7. The van der Waals surface area contributed by atoms with E-state index in [0.29, 0.717) is 6.07 Å². The van der Waals surface area contributed by atoms with Crippen LogP contribution in [0.4, 0.5) is 8.78 Å². The van der Waals surface area contributed by atoms with Gasteiger partial charge in [-0.1, -0.05) is 45.0 Å². The van der Waals surface area contributed by atoms with Crippen LogP contribution in [0.5, 0.6) is 0 Å². The topological polar surface area (TPSA) is 72.2 Å². The third kappa shape index (κ3) is 4.88. The third-order valence-electron chi connectivity index (χ3n) is 4.08. The molecule has 3 N–H and O–H groups in total. The molecule has 1 atom stereocenters. The highest BCUT2D eigenvalue weighted by Gasteiger charge is 2.22. The van der Waals surface area contributed by atoms with Crippen molar-refractivity contribution in [3.05, 3.63) is 70.8 Å². The summed E-state index contributed by atoms with van der Waals surface area (Å²) >= 11 is 0. The molecule has 0 aliphatic heterocycles. The second-order valence-corrected chi connectivity index (χ2v) is 7.20. The lowest BCUT2D eigenvalue weighted by Crippen LogP contribution is -2.46. The summed E-state index contributed by atoms with van der Waals surface area (Å²) in [4.78, 5) is 23.9. The normalized spacial score (nSPS) is 12.5.